The smallest absolute Gasteiger partial charge is 0.271 e. The highest BCUT2D eigenvalue weighted by Crippen LogP contribution is 2.28. The van der Waals surface area contributed by atoms with Crippen molar-refractivity contribution < 1.29 is 13.2 Å². The average Bonchev–Trinajstić information content (AvgIpc) is 2.80. The third kappa shape index (κ3) is 3.50. The lowest BCUT2D eigenvalue weighted by Gasteiger charge is -2.21. The zero-order chi connectivity index (χ0) is 18.9. The van der Waals surface area contributed by atoms with Crippen LogP contribution in [-0.2, 0) is 17.1 Å². The lowest BCUT2D eigenvalue weighted by molar-refractivity contribution is 0.0866. The van der Waals surface area contributed by atoms with E-state index in [0.717, 1.165) is 9.99 Å². The third-order valence-corrected chi connectivity index (χ3v) is 6.33. The standard InChI is InChI=1S/C16H21ClN4O3S/c1-6-21(16(22)12-8-7-9-13(10-12)19(3)4)25(23,24)14-11(2)18-20(5)15(14)17/h7-10H,6H2,1-5H3. The van der Waals surface area contributed by atoms with Crippen LogP contribution in [0.25, 0.3) is 0 Å². The molecule has 0 aliphatic carbocycles. The zero-order valence-electron chi connectivity index (χ0n) is 14.8. The van der Waals surface area contributed by atoms with Crippen LogP contribution in [0.15, 0.2) is 29.2 Å². The van der Waals surface area contributed by atoms with Crippen molar-refractivity contribution in [2.45, 2.75) is 18.7 Å². The molecule has 0 saturated carbocycles. The number of anilines is 1. The van der Waals surface area contributed by atoms with Crippen LogP contribution in [0.5, 0.6) is 0 Å². The number of halogens is 1. The van der Waals surface area contributed by atoms with Gasteiger partial charge in [-0.1, -0.05) is 17.7 Å². The molecule has 2 rings (SSSR count). The van der Waals surface area contributed by atoms with Gasteiger partial charge in [-0.15, -0.1) is 0 Å². The van der Waals surface area contributed by atoms with Gasteiger partial charge in [-0.25, -0.2) is 12.7 Å². The first-order chi connectivity index (χ1) is 11.6. The molecule has 1 heterocycles. The van der Waals surface area contributed by atoms with Crippen LogP contribution in [0, 0.1) is 6.92 Å². The lowest BCUT2D eigenvalue weighted by Crippen LogP contribution is -2.37. The molecule has 0 atom stereocenters. The molecule has 0 spiro atoms. The molecule has 1 aromatic carbocycles. The molecule has 136 valence electrons. The Balaban J connectivity index is 2.51. The number of aromatic nitrogens is 2. The molecule has 0 bridgehead atoms. The van der Waals surface area contributed by atoms with E-state index in [1.54, 1.807) is 39.1 Å². The Kier molecular flexibility index (Phi) is 5.43. The minimum absolute atomic E-state index is 0.0159. The Hall–Kier alpha value is -2.06. The predicted molar refractivity (Wildman–Crippen MR) is 97.6 cm³/mol. The van der Waals surface area contributed by atoms with E-state index in [1.807, 2.05) is 25.1 Å². The fraction of sp³-hybridized carbons (Fsp3) is 0.375. The SMILES string of the molecule is CCN(C(=O)c1cccc(N(C)C)c1)S(=O)(=O)c1c(C)nn(C)c1Cl. The van der Waals surface area contributed by atoms with Gasteiger partial charge in [-0.3, -0.25) is 9.48 Å². The number of carbonyl (C=O) groups excluding carboxylic acids is 1. The molecule has 1 amide bonds. The molecule has 0 aliphatic rings. The number of carbonyl (C=O) groups is 1. The molecular formula is C16H21ClN4O3S. The van der Waals surface area contributed by atoms with Crippen molar-refractivity contribution in [3.63, 3.8) is 0 Å². The van der Waals surface area contributed by atoms with Crippen molar-refractivity contribution in [1.82, 2.24) is 14.1 Å². The highest BCUT2D eigenvalue weighted by molar-refractivity contribution is 7.89. The molecule has 9 heteroatoms. The summed E-state index contributed by atoms with van der Waals surface area (Å²) in [6.45, 7) is 3.13. The maximum absolute atomic E-state index is 13.0. The van der Waals surface area contributed by atoms with Gasteiger partial charge in [-0.05, 0) is 32.0 Å². The topological polar surface area (TPSA) is 75.5 Å². The summed E-state index contributed by atoms with van der Waals surface area (Å²) >= 11 is 6.09. The first-order valence-electron chi connectivity index (χ1n) is 7.64. The molecule has 0 N–H and O–H groups in total. The van der Waals surface area contributed by atoms with Crippen molar-refractivity contribution in [3.05, 3.63) is 40.7 Å². The highest BCUT2D eigenvalue weighted by atomic mass is 35.5. The molecule has 25 heavy (non-hydrogen) atoms. The number of benzene rings is 1. The Labute approximate surface area is 152 Å². The summed E-state index contributed by atoms with van der Waals surface area (Å²) in [6.07, 6.45) is 0. The van der Waals surface area contributed by atoms with Crippen LogP contribution in [0.4, 0.5) is 5.69 Å². The Bertz CT molecular complexity index is 906. The number of rotatable bonds is 5. The van der Waals surface area contributed by atoms with Crippen molar-refractivity contribution in [1.29, 1.82) is 0 Å². The Morgan fingerprint density at radius 1 is 1.32 bits per heavy atom. The maximum Gasteiger partial charge on any atom is 0.271 e. The van der Waals surface area contributed by atoms with Gasteiger partial charge in [0.25, 0.3) is 15.9 Å². The summed E-state index contributed by atoms with van der Waals surface area (Å²) in [7, 11) is 1.12. The summed E-state index contributed by atoms with van der Waals surface area (Å²) in [5, 5.41) is 4.00. The first kappa shape index (κ1) is 19.3. The summed E-state index contributed by atoms with van der Waals surface area (Å²) in [4.78, 5) is 14.6. The van der Waals surface area contributed by atoms with E-state index in [-0.39, 0.29) is 27.9 Å². The van der Waals surface area contributed by atoms with Gasteiger partial charge in [0.15, 0.2) is 0 Å². The van der Waals surface area contributed by atoms with Gasteiger partial charge in [0.2, 0.25) is 0 Å². The Morgan fingerprint density at radius 2 is 1.96 bits per heavy atom. The van der Waals surface area contributed by atoms with Crippen LogP contribution < -0.4 is 4.90 Å². The molecule has 0 fully saturated rings. The van der Waals surface area contributed by atoms with Gasteiger partial charge in [0, 0.05) is 38.9 Å². The number of hydrogen-bond donors (Lipinski definition) is 0. The first-order valence-corrected chi connectivity index (χ1v) is 9.46. The fourth-order valence-corrected chi connectivity index (χ4v) is 4.61. The highest BCUT2D eigenvalue weighted by Gasteiger charge is 2.34. The number of sulfonamides is 1. The Morgan fingerprint density at radius 3 is 2.44 bits per heavy atom. The van der Waals surface area contributed by atoms with E-state index in [4.69, 9.17) is 11.6 Å². The third-order valence-electron chi connectivity index (χ3n) is 3.77. The molecular weight excluding hydrogens is 364 g/mol. The van der Waals surface area contributed by atoms with Crippen LogP contribution >= 0.6 is 11.6 Å². The van der Waals surface area contributed by atoms with E-state index in [0.29, 0.717) is 0 Å². The van der Waals surface area contributed by atoms with E-state index in [1.165, 1.54) is 4.68 Å². The largest absolute Gasteiger partial charge is 0.378 e. The van der Waals surface area contributed by atoms with Gasteiger partial charge < -0.3 is 4.90 Å². The number of aryl methyl sites for hydroxylation is 2. The van der Waals surface area contributed by atoms with E-state index < -0.39 is 15.9 Å². The van der Waals surface area contributed by atoms with Crippen LogP contribution in [0.1, 0.15) is 23.0 Å². The van der Waals surface area contributed by atoms with Crippen LogP contribution in [0.3, 0.4) is 0 Å². The second-order valence-corrected chi connectivity index (χ2v) is 7.91. The molecule has 0 unspecified atom stereocenters. The molecule has 0 aliphatic heterocycles. The number of nitrogens with zero attached hydrogens (tertiary/aromatic N) is 4. The summed E-state index contributed by atoms with van der Waals surface area (Å²) in [5.41, 5.74) is 1.34. The molecule has 2 aromatic rings. The normalized spacial score (nSPS) is 11.4. The number of hydrogen-bond acceptors (Lipinski definition) is 5. The van der Waals surface area contributed by atoms with E-state index in [2.05, 4.69) is 5.10 Å². The minimum Gasteiger partial charge on any atom is -0.378 e. The van der Waals surface area contributed by atoms with Gasteiger partial charge in [0.05, 0.1) is 5.69 Å². The molecule has 1 aromatic heterocycles. The second kappa shape index (κ2) is 7.05. The van der Waals surface area contributed by atoms with Crippen molar-refractivity contribution in [3.8, 4) is 0 Å². The molecule has 0 radical (unpaired) electrons. The monoisotopic (exact) mass is 384 g/mol. The van der Waals surface area contributed by atoms with Crippen molar-refractivity contribution in [2.24, 2.45) is 7.05 Å². The predicted octanol–water partition coefficient (Wildman–Crippen LogP) is 2.30. The molecule has 7 nitrogen and oxygen atoms in total. The second-order valence-electron chi connectivity index (χ2n) is 5.75. The fourth-order valence-electron chi connectivity index (χ4n) is 2.50. The quantitative estimate of drug-likeness (QED) is 0.790. The summed E-state index contributed by atoms with van der Waals surface area (Å²) in [5.74, 6) is -0.606. The van der Waals surface area contributed by atoms with Crippen molar-refractivity contribution >= 4 is 33.2 Å². The van der Waals surface area contributed by atoms with E-state index in [9.17, 15) is 13.2 Å². The van der Waals surface area contributed by atoms with Crippen LogP contribution in [0.2, 0.25) is 5.15 Å². The maximum atomic E-state index is 13.0. The van der Waals surface area contributed by atoms with Crippen molar-refractivity contribution in [2.75, 3.05) is 25.5 Å². The van der Waals surface area contributed by atoms with Gasteiger partial charge in [0.1, 0.15) is 10.0 Å². The van der Waals surface area contributed by atoms with Gasteiger partial charge in [-0.2, -0.15) is 5.10 Å². The average molecular weight is 385 g/mol. The zero-order valence-corrected chi connectivity index (χ0v) is 16.4. The summed E-state index contributed by atoms with van der Waals surface area (Å²) in [6, 6.07) is 6.79. The minimum atomic E-state index is -4.12. The summed E-state index contributed by atoms with van der Waals surface area (Å²) < 4.78 is 28.1. The molecule has 0 saturated heterocycles. The lowest BCUT2D eigenvalue weighted by atomic mass is 10.2. The van der Waals surface area contributed by atoms with Crippen LogP contribution in [-0.4, -0.2) is 49.1 Å². The van der Waals surface area contributed by atoms with Gasteiger partial charge >= 0.3 is 0 Å². The van der Waals surface area contributed by atoms with E-state index >= 15 is 0 Å². The number of amides is 1.